The van der Waals surface area contributed by atoms with Crippen molar-refractivity contribution in [1.82, 2.24) is 10.2 Å². The quantitative estimate of drug-likeness (QED) is 0.366. The van der Waals surface area contributed by atoms with E-state index in [-0.39, 0.29) is 16.7 Å². The first kappa shape index (κ1) is 31.3. The topological polar surface area (TPSA) is 133 Å². The van der Waals surface area contributed by atoms with E-state index in [9.17, 15) is 31.2 Å². The molecular formula is C29H34F3N3O6S. The van der Waals surface area contributed by atoms with Crippen molar-refractivity contribution in [2.75, 3.05) is 24.4 Å². The average Bonchev–Trinajstić information content (AvgIpc) is 3.66. The number of carboxylic acid groups (broad SMARTS) is 1. The SMILES string of the molecule is O=C(O)C(F)(F)F.O=C1CCCN1CCCNC(=O)C1(c2ccc(NS(=O)(=O)c3ccc4c(c3)CCCC4)cc2)CC1. The van der Waals surface area contributed by atoms with E-state index in [0.29, 0.717) is 25.2 Å². The number of carbonyl (C=O) groups is 3. The Hall–Kier alpha value is -3.61. The van der Waals surface area contributed by atoms with Crippen LogP contribution in [-0.2, 0) is 42.7 Å². The fraction of sp³-hybridized carbons (Fsp3) is 0.483. The second-order valence-corrected chi connectivity index (χ2v) is 12.5. The summed E-state index contributed by atoms with van der Waals surface area (Å²) in [4.78, 5) is 35.7. The van der Waals surface area contributed by atoms with Crippen molar-refractivity contribution in [2.24, 2.45) is 0 Å². The van der Waals surface area contributed by atoms with Crippen LogP contribution < -0.4 is 10.0 Å². The predicted molar refractivity (Wildman–Crippen MR) is 148 cm³/mol. The third-order valence-corrected chi connectivity index (χ3v) is 9.19. The largest absolute Gasteiger partial charge is 0.490 e. The van der Waals surface area contributed by atoms with Gasteiger partial charge >= 0.3 is 12.1 Å². The van der Waals surface area contributed by atoms with E-state index in [2.05, 4.69) is 10.0 Å². The van der Waals surface area contributed by atoms with Gasteiger partial charge in [-0.3, -0.25) is 14.3 Å². The van der Waals surface area contributed by atoms with E-state index < -0.39 is 27.6 Å². The molecule has 1 saturated carbocycles. The Morgan fingerprint density at radius 2 is 1.60 bits per heavy atom. The molecule has 0 spiro atoms. The minimum absolute atomic E-state index is 0.00707. The van der Waals surface area contributed by atoms with E-state index in [4.69, 9.17) is 9.90 Å². The first-order valence-electron chi connectivity index (χ1n) is 13.9. The van der Waals surface area contributed by atoms with Crippen molar-refractivity contribution in [2.45, 2.75) is 74.3 Å². The molecule has 2 aliphatic carbocycles. The first-order valence-corrected chi connectivity index (χ1v) is 15.4. The zero-order chi connectivity index (χ0) is 30.5. The standard InChI is InChI=1S/C27H33N3O4S.C2HF3O2/c31-25-7-3-17-30(25)18-4-16-28-26(32)27(14-15-27)22-9-11-23(12-10-22)29-35(33,34)24-13-8-20-5-1-2-6-21(20)19-24;3-2(4,5)1(6)7/h8-13,19,29H,1-7,14-18H2,(H,28,32);(H,6,7). The van der Waals surface area contributed by atoms with Crippen LogP contribution in [0.15, 0.2) is 47.4 Å². The lowest BCUT2D eigenvalue weighted by Crippen LogP contribution is -2.36. The fourth-order valence-electron chi connectivity index (χ4n) is 5.30. The maximum absolute atomic E-state index is 13.0. The highest BCUT2D eigenvalue weighted by atomic mass is 32.2. The number of rotatable bonds is 9. The van der Waals surface area contributed by atoms with Gasteiger partial charge in [-0.15, -0.1) is 0 Å². The summed E-state index contributed by atoms with van der Waals surface area (Å²) in [5.41, 5.74) is 3.24. The molecule has 2 aromatic carbocycles. The molecule has 2 amide bonds. The molecule has 0 radical (unpaired) electrons. The normalized spacial score (nSPS) is 17.5. The lowest BCUT2D eigenvalue weighted by atomic mass is 9.92. The van der Waals surface area contributed by atoms with E-state index in [0.717, 1.165) is 69.0 Å². The number of carboxylic acids is 1. The van der Waals surface area contributed by atoms with Crippen LogP contribution in [0.2, 0.25) is 0 Å². The van der Waals surface area contributed by atoms with Crippen LogP contribution in [0.3, 0.4) is 0 Å². The van der Waals surface area contributed by atoms with Gasteiger partial charge in [0.25, 0.3) is 10.0 Å². The minimum Gasteiger partial charge on any atom is -0.475 e. The molecule has 3 aliphatic rings. The first-order chi connectivity index (χ1) is 19.8. The number of benzene rings is 2. The molecule has 0 unspecified atom stereocenters. The highest BCUT2D eigenvalue weighted by molar-refractivity contribution is 7.92. The van der Waals surface area contributed by atoms with Crippen LogP contribution in [0, 0.1) is 0 Å². The molecule has 2 fully saturated rings. The van der Waals surface area contributed by atoms with Crippen molar-refractivity contribution in [3.8, 4) is 0 Å². The molecule has 2 aromatic rings. The van der Waals surface area contributed by atoms with E-state index in [1.54, 1.807) is 24.3 Å². The van der Waals surface area contributed by atoms with Gasteiger partial charge in [0, 0.05) is 31.7 Å². The van der Waals surface area contributed by atoms with Crippen LogP contribution in [0.4, 0.5) is 18.9 Å². The Kier molecular flexibility index (Phi) is 9.49. The molecule has 228 valence electrons. The summed E-state index contributed by atoms with van der Waals surface area (Å²) in [5.74, 6) is -2.54. The van der Waals surface area contributed by atoms with Gasteiger partial charge in [-0.1, -0.05) is 18.2 Å². The lowest BCUT2D eigenvalue weighted by molar-refractivity contribution is -0.192. The Labute approximate surface area is 242 Å². The summed E-state index contributed by atoms with van der Waals surface area (Å²) >= 11 is 0. The molecular weight excluding hydrogens is 575 g/mol. The molecule has 0 atom stereocenters. The number of hydrogen-bond acceptors (Lipinski definition) is 5. The van der Waals surface area contributed by atoms with Crippen LogP contribution in [0.1, 0.15) is 61.6 Å². The number of sulfonamides is 1. The van der Waals surface area contributed by atoms with Crippen molar-refractivity contribution in [3.05, 3.63) is 59.2 Å². The summed E-state index contributed by atoms with van der Waals surface area (Å²) in [6.45, 7) is 2.05. The number of fused-ring (bicyclic) bond motifs is 1. The van der Waals surface area contributed by atoms with Crippen molar-refractivity contribution < 1.29 is 41.1 Å². The Morgan fingerprint density at radius 1 is 0.952 bits per heavy atom. The number of nitrogens with one attached hydrogen (secondary N) is 2. The summed E-state index contributed by atoms with van der Waals surface area (Å²) in [6.07, 6.45) is 2.97. The molecule has 0 aromatic heterocycles. The summed E-state index contributed by atoms with van der Waals surface area (Å²) in [7, 11) is -3.68. The second kappa shape index (κ2) is 12.7. The highest BCUT2D eigenvalue weighted by Gasteiger charge is 2.51. The zero-order valence-electron chi connectivity index (χ0n) is 23.0. The zero-order valence-corrected chi connectivity index (χ0v) is 23.8. The van der Waals surface area contributed by atoms with Crippen molar-refractivity contribution in [3.63, 3.8) is 0 Å². The average molecular weight is 610 g/mol. The molecule has 1 saturated heterocycles. The summed E-state index contributed by atoms with van der Waals surface area (Å²) in [5, 5.41) is 10.2. The third-order valence-electron chi connectivity index (χ3n) is 7.81. The second-order valence-electron chi connectivity index (χ2n) is 10.8. The van der Waals surface area contributed by atoms with E-state index >= 15 is 0 Å². The van der Waals surface area contributed by atoms with Crippen molar-refractivity contribution >= 4 is 33.5 Å². The smallest absolute Gasteiger partial charge is 0.475 e. The Morgan fingerprint density at radius 3 is 2.17 bits per heavy atom. The summed E-state index contributed by atoms with van der Waals surface area (Å²) < 4.78 is 60.3. The molecule has 0 bridgehead atoms. The number of nitrogens with zero attached hydrogens (tertiary/aromatic N) is 1. The minimum atomic E-state index is -5.08. The number of aryl methyl sites for hydroxylation is 2. The monoisotopic (exact) mass is 609 g/mol. The van der Waals surface area contributed by atoms with Crippen LogP contribution >= 0.6 is 0 Å². The van der Waals surface area contributed by atoms with Gasteiger partial charge in [0.2, 0.25) is 11.8 Å². The number of aliphatic carboxylic acids is 1. The Balaban J connectivity index is 0.000000517. The number of anilines is 1. The number of hydrogen-bond donors (Lipinski definition) is 3. The van der Waals surface area contributed by atoms with Crippen LogP contribution in [-0.4, -0.2) is 62.0 Å². The number of halogens is 3. The fourth-order valence-corrected chi connectivity index (χ4v) is 6.41. The van der Waals surface area contributed by atoms with Crippen molar-refractivity contribution in [1.29, 1.82) is 0 Å². The van der Waals surface area contributed by atoms with Gasteiger partial charge in [0.15, 0.2) is 0 Å². The maximum Gasteiger partial charge on any atom is 0.490 e. The van der Waals surface area contributed by atoms with Gasteiger partial charge in [-0.05, 0) is 92.3 Å². The number of likely N-dealkylation sites (tertiary alicyclic amines) is 1. The van der Waals surface area contributed by atoms with Gasteiger partial charge in [0.1, 0.15) is 0 Å². The number of alkyl halides is 3. The van der Waals surface area contributed by atoms with Crippen LogP contribution in [0.5, 0.6) is 0 Å². The van der Waals surface area contributed by atoms with Gasteiger partial charge in [0.05, 0.1) is 10.3 Å². The van der Waals surface area contributed by atoms with E-state index in [1.807, 2.05) is 23.1 Å². The van der Waals surface area contributed by atoms with E-state index in [1.165, 1.54) is 5.56 Å². The summed E-state index contributed by atoms with van der Waals surface area (Å²) in [6, 6.07) is 12.6. The van der Waals surface area contributed by atoms with Gasteiger partial charge < -0.3 is 15.3 Å². The Bertz CT molecular complexity index is 1420. The molecule has 1 aliphatic heterocycles. The maximum atomic E-state index is 13.0. The molecule has 1 heterocycles. The van der Waals surface area contributed by atoms with Crippen LogP contribution in [0.25, 0.3) is 0 Å². The molecule has 13 heteroatoms. The highest BCUT2D eigenvalue weighted by Crippen LogP contribution is 2.48. The molecule has 5 rings (SSSR count). The number of amides is 2. The molecule has 9 nitrogen and oxygen atoms in total. The molecule has 3 N–H and O–H groups in total. The van der Waals surface area contributed by atoms with Gasteiger partial charge in [-0.2, -0.15) is 13.2 Å². The molecule has 42 heavy (non-hydrogen) atoms. The van der Waals surface area contributed by atoms with Gasteiger partial charge in [-0.25, -0.2) is 13.2 Å². The number of carbonyl (C=O) groups excluding carboxylic acids is 2. The third kappa shape index (κ3) is 7.61. The predicted octanol–water partition coefficient (Wildman–Crippen LogP) is 4.16. The lowest BCUT2D eigenvalue weighted by Gasteiger charge is -2.19.